The van der Waals surface area contributed by atoms with E-state index in [1.54, 1.807) is 12.1 Å². The van der Waals surface area contributed by atoms with Crippen molar-refractivity contribution in [3.63, 3.8) is 0 Å². The fourth-order valence-corrected chi connectivity index (χ4v) is 7.25. The van der Waals surface area contributed by atoms with Crippen LogP contribution in [-0.2, 0) is 25.3 Å². The van der Waals surface area contributed by atoms with Gasteiger partial charge in [-0.15, -0.1) is 0 Å². The van der Waals surface area contributed by atoms with Crippen LogP contribution in [0, 0.1) is 0 Å². The van der Waals surface area contributed by atoms with Crippen LogP contribution in [-0.4, -0.2) is 34.9 Å². The Bertz CT molecular complexity index is 1100. The Hall–Kier alpha value is -2.00. The molecule has 0 N–H and O–H groups in total. The Labute approximate surface area is 163 Å². The van der Waals surface area contributed by atoms with Crippen molar-refractivity contribution in [2.75, 3.05) is 22.4 Å². The minimum Gasteiger partial charge on any atom is -0.265 e. The highest BCUT2D eigenvalue weighted by Crippen LogP contribution is 2.49. The molecule has 0 aliphatic carbocycles. The first kappa shape index (κ1) is 19.3. The van der Waals surface area contributed by atoms with E-state index in [9.17, 15) is 25.6 Å². The van der Waals surface area contributed by atoms with Gasteiger partial charge in [0.05, 0.1) is 22.1 Å². The molecule has 0 saturated carbocycles. The van der Waals surface area contributed by atoms with Crippen molar-refractivity contribution in [3.05, 3.63) is 59.7 Å². The highest BCUT2D eigenvalue weighted by Gasteiger charge is 2.49. The number of alkyl halides is 2. The molecular formula is C19H19F2NO4S2. The number of sulfonamides is 1. The smallest absolute Gasteiger partial charge is 0.264 e. The molecule has 0 amide bonds. The van der Waals surface area contributed by atoms with Crippen molar-refractivity contribution >= 4 is 25.5 Å². The summed E-state index contributed by atoms with van der Waals surface area (Å²) in [5.74, 6) is 0.0522. The lowest BCUT2D eigenvalue weighted by atomic mass is 9.77. The van der Waals surface area contributed by atoms with Gasteiger partial charge in [-0.1, -0.05) is 30.3 Å². The molecule has 28 heavy (non-hydrogen) atoms. The van der Waals surface area contributed by atoms with Crippen molar-refractivity contribution in [2.45, 2.75) is 29.6 Å². The number of fused-ring (bicyclic) bond motifs is 2. The lowest BCUT2D eigenvalue weighted by Crippen LogP contribution is -2.42. The van der Waals surface area contributed by atoms with Crippen LogP contribution in [0.1, 0.15) is 30.4 Å². The van der Waals surface area contributed by atoms with Crippen LogP contribution < -0.4 is 4.31 Å². The van der Waals surface area contributed by atoms with E-state index in [4.69, 9.17) is 0 Å². The summed E-state index contributed by atoms with van der Waals surface area (Å²) in [4.78, 5) is -0.0628. The van der Waals surface area contributed by atoms with Gasteiger partial charge in [0.25, 0.3) is 16.4 Å². The van der Waals surface area contributed by atoms with Crippen LogP contribution in [0.15, 0.2) is 53.4 Å². The monoisotopic (exact) mass is 427 g/mol. The number of rotatable bonds is 3. The second kappa shape index (κ2) is 6.52. The van der Waals surface area contributed by atoms with Crippen molar-refractivity contribution in [1.82, 2.24) is 0 Å². The average molecular weight is 427 g/mol. The van der Waals surface area contributed by atoms with Gasteiger partial charge < -0.3 is 0 Å². The molecule has 2 aromatic rings. The Morgan fingerprint density at radius 1 is 0.964 bits per heavy atom. The van der Waals surface area contributed by atoms with E-state index >= 15 is 0 Å². The van der Waals surface area contributed by atoms with E-state index in [2.05, 4.69) is 0 Å². The van der Waals surface area contributed by atoms with Crippen molar-refractivity contribution in [2.24, 2.45) is 0 Å². The van der Waals surface area contributed by atoms with E-state index in [1.807, 2.05) is 12.1 Å². The molecule has 5 nitrogen and oxygen atoms in total. The van der Waals surface area contributed by atoms with Crippen LogP contribution in [0.4, 0.5) is 14.5 Å². The summed E-state index contributed by atoms with van der Waals surface area (Å²) in [6, 6.07) is 11.7. The summed E-state index contributed by atoms with van der Waals surface area (Å²) >= 11 is 0. The first-order valence-corrected chi connectivity index (χ1v) is 12.1. The molecule has 9 heteroatoms. The molecule has 2 heterocycles. The fraction of sp³-hybridized carbons (Fsp3) is 0.368. The molecule has 150 valence electrons. The van der Waals surface area contributed by atoms with E-state index in [0.29, 0.717) is 18.5 Å². The summed E-state index contributed by atoms with van der Waals surface area (Å²) in [5.41, 5.74) is 0.574. The minimum atomic E-state index is -3.96. The molecule has 2 aromatic carbocycles. The van der Waals surface area contributed by atoms with Crippen LogP contribution in [0.2, 0.25) is 0 Å². The Morgan fingerprint density at radius 2 is 1.57 bits per heavy atom. The van der Waals surface area contributed by atoms with Gasteiger partial charge in [-0.2, -0.15) is 0 Å². The molecule has 2 aliphatic heterocycles. The minimum absolute atomic E-state index is 0.0261. The normalized spacial score (nSPS) is 20.5. The fourth-order valence-electron chi connectivity index (χ4n) is 4.07. The molecule has 1 saturated heterocycles. The SMILES string of the molecule is O=S1(=O)CCC2(CC1)CN(S(=O)(=O)c1ccc(C(F)F)cc1)c1ccccc12. The van der Waals surface area contributed by atoms with Gasteiger partial charge in [-0.3, -0.25) is 4.31 Å². The number of halogens is 2. The second-order valence-electron chi connectivity index (χ2n) is 7.33. The highest BCUT2D eigenvalue weighted by atomic mass is 32.2. The van der Waals surface area contributed by atoms with Crippen LogP contribution in [0.5, 0.6) is 0 Å². The average Bonchev–Trinajstić information content (AvgIpc) is 3.00. The lowest BCUT2D eigenvalue weighted by molar-refractivity contribution is 0.151. The molecule has 0 aromatic heterocycles. The molecular weight excluding hydrogens is 408 g/mol. The number of anilines is 1. The first-order chi connectivity index (χ1) is 13.1. The Kier molecular flexibility index (Phi) is 4.50. The molecule has 0 bridgehead atoms. The van der Waals surface area contributed by atoms with Crippen molar-refractivity contribution in [1.29, 1.82) is 0 Å². The third-order valence-electron chi connectivity index (χ3n) is 5.69. The maximum absolute atomic E-state index is 13.3. The number of benzene rings is 2. The maximum Gasteiger partial charge on any atom is 0.264 e. The van der Waals surface area contributed by atoms with Crippen LogP contribution in [0.25, 0.3) is 0 Å². The van der Waals surface area contributed by atoms with E-state index in [-0.39, 0.29) is 28.5 Å². The van der Waals surface area contributed by atoms with Gasteiger partial charge in [0.1, 0.15) is 9.84 Å². The Morgan fingerprint density at radius 3 is 2.18 bits per heavy atom. The van der Waals surface area contributed by atoms with Gasteiger partial charge in [0, 0.05) is 17.5 Å². The van der Waals surface area contributed by atoms with Gasteiger partial charge in [0.15, 0.2) is 0 Å². The predicted molar refractivity (Wildman–Crippen MR) is 102 cm³/mol. The molecule has 1 fully saturated rings. The lowest BCUT2D eigenvalue weighted by Gasteiger charge is -2.34. The van der Waals surface area contributed by atoms with Crippen LogP contribution >= 0.6 is 0 Å². The molecule has 1 spiro atoms. The van der Waals surface area contributed by atoms with Gasteiger partial charge in [-0.05, 0) is 36.6 Å². The van der Waals surface area contributed by atoms with E-state index in [1.165, 1.54) is 16.4 Å². The van der Waals surface area contributed by atoms with Gasteiger partial charge in [0.2, 0.25) is 0 Å². The molecule has 0 unspecified atom stereocenters. The predicted octanol–water partition coefficient (Wildman–Crippen LogP) is 3.28. The molecule has 0 atom stereocenters. The maximum atomic E-state index is 13.3. The number of hydrogen-bond donors (Lipinski definition) is 0. The zero-order chi connectivity index (χ0) is 20.2. The quantitative estimate of drug-likeness (QED) is 0.754. The topological polar surface area (TPSA) is 71.5 Å². The Balaban J connectivity index is 1.74. The van der Waals surface area contributed by atoms with Crippen molar-refractivity contribution < 1.29 is 25.6 Å². The highest BCUT2D eigenvalue weighted by molar-refractivity contribution is 7.93. The molecule has 4 rings (SSSR count). The number of para-hydroxylation sites is 1. The van der Waals surface area contributed by atoms with Gasteiger partial charge in [-0.25, -0.2) is 25.6 Å². The van der Waals surface area contributed by atoms with E-state index in [0.717, 1.165) is 17.7 Å². The summed E-state index contributed by atoms with van der Waals surface area (Å²) in [5, 5.41) is 0. The molecule has 0 radical (unpaired) electrons. The third kappa shape index (κ3) is 3.10. The molecule has 2 aliphatic rings. The van der Waals surface area contributed by atoms with E-state index < -0.39 is 31.7 Å². The standard InChI is InChI=1S/C19H19F2NO4S2/c20-18(21)14-5-7-15(8-6-14)28(25,26)22-13-19(9-11-27(23,24)12-10-19)16-3-1-2-4-17(16)22/h1-8,18H,9-13H2. The largest absolute Gasteiger partial charge is 0.265 e. The number of hydrogen-bond acceptors (Lipinski definition) is 4. The number of nitrogens with zero attached hydrogens (tertiary/aromatic N) is 1. The summed E-state index contributed by atoms with van der Waals surface area (Å²) < 4.78 is 77.2. The zero-order valence-corrected chi connectivity index (χ0v) is 16.5. The summed E-state index contributed by atoms with van der Waals surface area (Å²) in [6.45, 7) is 0.154. The summed E-state index contributed by atoms with van der Waals surface area (Å²) in [7, 11) is -7.07. The van der Waals surface area contributed by atoms with Crippen LogP contribution in [0.3, 0.4) is 0 Å². The second-order valence-corrected chi connectivity index (χ2v) is 11.5. The third-order valence-corrected chi connectivity index (χ3v) is 9.12. The van der Waals surface area contributed by atoms with Crippen molar-refractivity contribution in [3.8, 4) is 0 Å². The van der Waals surface area contributed by atoms with Gasteiger partial charge >= 0.3 is 0 Å². The number of sulfone groups is 1. The summed E-state index contributed by atoms with van der Waals surface area (Å²) in [6.07, 6.45) is -1.94. The zero-order valence-electron chi connectivity index (χ0n) is 14.9. The first-order valence-electron chi connectivity index (χ1n) is 8.86.